The van der Waals surface area contributed by atoms with Crippen LogP contribution in [0.4, 0.5) is 0 Å². The summed E-state index contributed by atoms with van der Waals surface area (Å²) in [6, 6.07) is 0. The Morgan fingerprint density at radius 1 is 1.33 bits per heavy atom. The fourth-order valence-electron chi connectivity index (χ4n) is 2.37. The molecule has 0 fully saturated rings. The second kappa shape index (κ2) is 8.14. The van der Waals surface area contributed by atoms with Gasteiger partial charge >= 0.3 is 5.97 Å². The average molecular weight is 311 g/mol. The van der Waals surface area contributed by atoms with Crippen molar-refractivity contribution in [2.24, 2.45) is 0 Å². The number of hydrogen-bond donors (Lipinski definition) is 1. The number of rotatable bonds is 7. The zero-order valence-electron chi connectivity index (χ0n) is 12.3. The van der Waals surface area contributed by atoms with E-state index in [2.05, 4.69) is 5.32 Å². The van der Waals surface area contributed by atoms with Gasteiger partial charge in [-0.3, -0.25) is 4.79 Å². The highest BCUT2D eigenvalue weighted by atomic mass is 32.1. The molecule has 116 valence electrons. The Labute approximate surface area is 128 Å². The van der Waals surface area contributed by atoms with Crippen LogP contribution in [-0.4, -0.2) is 38.7 Å². The number of esters is 1. The molecule has 1 aromatic heterocycles. The molecule has 0 unspecified atom stereocenters. The predicted octanol–water partition coefficient (Wildman–Crippen LogP) is 1.94. The third-order valence-electron chi connectivity index (χ3n) is 3.46. The standard InChI is InChI=1S/C15H21NO4S/c1-19-8-4-7-16-14(17)9-20-15(18)12-10-21-13-6-3-2-5-11(12)13/h10H,2-9H2,1H3,(H,16,17). The molecule has 1 N–H and O–H groups in total. The number of carbonyl (C=O) groups excluding carboxylic acids is 2. The minimum absolute atomic E-state index is 0.226. The van der Waals surface area contributed by atoms with Crippen LogP contribution in [0.3, 0.4) is 0 Å². The number of carbonyl (C=O) groups is 2. The first-order valence-corrected chi connectivity index (χ1v) is 8.12. The van der Waals surface area contributed by atoms with E-state index in [1.807, 2.05) is 5.38 Å². The monoisotopic (exact) mass is 311 g/mol. The Hall–Kier alpha value is -1.40. The zero-order valence-corrected chi connectivity index (χ0v) is 13.1. The molecule has 1 amide bonds. The molecule has 6 heteroatoms. The maximum absolute atomic E-state index is 12.0. The van der Waals surface area contributed by atoms with Gasteiger partial charge in [0.2, 0.25) is 0 Å². The fourth-order valence-corrected chi connectivity index (χ4v) is 3.48. The summed E-state index contributed by atoms with van der Waals surface area (Å²) in [4.78, 5) is 24.9. The minimum atomic E-state index is -0.388. The molecule has 0 aromatic carbocycles. The number of nitrogens with one attached hydrogen (secondary N) is 1. The van der Waals surface area contributed by atoms with Crippen molar-refractivity contribution >= 4 is 23.2 Å². The topological polar surface area (TPSA) is 64.6 Å². The van der Waals surface area contributed by atoms with Crippen molar-refractivity contribution in [3.8, 4) is 0 Å². The van der Waals surface area contributed by atoms with E-state index in [1.165, 1.54) is 11.3 Å². The molecule has 0 atom stereocenters. The maximum atomic E-state index is 12.0. The minimum Gasteiger partial charge on any atom is -0.452 e. The molecule has 1 heterocycles. The quantitative estimate of drug-likeness (QED) is 0.617. The summed E-state index contributed by atoms with van der Waals surface area (Å²) in [6.07, 6.45) is 5.03. The van der Waals surface area contributed by atoms with Crippen LogP contribution in [0.2, 0.25) is 0 Å². The summed E-state index contributed by atoms with van der Waals surface area (Å²) in [6.45, 7) is 0.898. The van der Waals surface area contributed by atoms with E-state index >= 15 is 0 Å². The first-order valence-electron chi connectivity index (χ1n) is 7.24. The molecular weight excluding hydrogens is 290 g/mol. The van der Waals surface area contributed by atoms with Crippen molar-refractivity contribution in [1.82, 2.24) is 5.32 Å². The molecule has 2 rings (SSSR count). The third-order valence-corrected chi connectivity index (χ3v) is 4.55. The lowest BCUT2D eigenvalue weighted by molar-refractivity contribution is -0.124. The summed E-state index contributed by atoms with van der Waals surface area (Å²) in [5.41, 5.74) is 1.76. The Morgan fingerprint density at radius 2 is 2.14 bits per heavy atom. The van der Waals surface area contributed by atoms with Crippen LogP contribution in [0.15, 0.2) is 5.38 Å². The van der Waals surface area contributed by atoms with E-state index in [0.29, 0.717) is 18.7 Å². The van der Waals surface area contributed by atoms with Crippen molar-refractivity contribution in [3.63, 3.8) is 0 Å². The number of fused-ring (bicyclic) bond motifs is 1. The van der Waals surface area contributed by atoms with Crippen molar-refractivity contribution in [2.45, 2.75) is 32.1 Å². The van der Waals surface area contributed by atoms with Gasteiger partial charge in [0.1, 0.15) is 0 Å². The highest BCUT2D eigenvalue weighted by molar-refractivity contribution is 7.10. The lowest BCUT2D eigenvalue weighted by Crippen LogP contribution is -2.30. The van der Waals surface area contributed by atoms with Crippen LogP contribution in [-0.2, 0) is 27.1 Å². The highest BCUT2D eigenvalue weighted by Gasteiger charge is 2.21. The first kappa shape index (κ1) is 16.0. The molecular formula is C15H21NO4S. The van der Waals surface area contributed by atoms with E-state index in [0.717, 1.165) is 31.2 Å². The molecule has 1 aliphatic carbocycles. The van der Waals surface area contributed by atoms with Crippen molar-refractivity contribution in [1.29, 1.82) is 0 Å². The SMILES string of the molecule is COCCCNC(=O)COC(=O)c1csc2c1CCCC2. The van der Waals surface area contributed by atoms with Gasteiger partial charge < -0.3 is 14.8 Å². The summed E-state index contributed by atoms with van der Waals surface area (Å²) >= 11 is 1.62. The first-order chi connectivity index (χ1) is 10.2. The second-order valence-corrected chi connectivity index (χ2v) is 5.99. The molecule has 21 heavy (non-hydrogen) atoms. The lowest BCUT2D eigenvalue weighted by Gasteiger charge is -2.12. The number of methoxy groups -OCH3 is 1. The number of amides is 1. The van der Waals surface area contributed by atoms with E-state index < -0.39 is 0 Å². The molecule has 0 saturated heterocycles. The molecule has 1 aromatic rings. The largest absolute Gasteiger partial charge is 0.452 e. The summed E-state index contributed by atoms with van der Waals surface area (Å²) in [5.74, 6) is -0.662. The van der Waals surface area contributed by atoms with Gasteiger partial charge in [-0.1, -0.05) is 0 Å². The van der Waals surface area contributed by atoms with Crippen LogP contribution >= 0.6 is 11.3 Å². The second-order valence-electron chi connectivity index (χ2n) is 5.03. The molecule has 0 aliphatic heterocycles. The van der Waals surface area contributed by atoms with Gasteiger partial charge in [0.05, 0.1) is 5.56 Å². The number of thiophene rings is 1. The van der Waals surface area contributed by atoms with Gasteiger partial charge in [-0.15, -0.1) is 11.3 Å². The molecule has 0 saturated carbocycles. The van der Waals surface area contributed by atoms with E-state index in [-0.39, 0.29) is 18.5 Å². The normalized spacial score (nSPS) is 13.6. The summed E-state index contributed by atoms with van der Waals surface area (Å²) < 4.78 is 9.98. The van der Waals surface area contributed by atoms with Gasteiger partial charge in [0, 0.05) is 30.5 Å². The van der Waals surface area contributed by atoms with Gasteiger partial charge in [-0.25, -0.2) is 4.79 Å². The van der Waals surface area contributed by atoms with E-state index in [4.69, 9.17) is 9.47 Å². The van der Waals surface area contributed by atoms with Gasteiger partial charge in [-0.05, 0) is 37.7 Å². The van der Waals surface area contributed by atoms with Gasteiger partial charge in [-0.2, -0.15) is 0 Å². The van der Waals surface area contributed by atoms with Crippen molar-refractivity contribution in [2.75, 3.05) is 26.9 Å². The van der Waals surface area contributed by atoms with Crippen LogP contribution in [0.25, 0.3) is 0 Å². The predicted molar refractivity (Wildman–Crippen MR) is 80.7 cm³/mol. The Morgan fingerprint density at radius 3 is 2.95 bits per heavy atom. The van der Waals surface area contributed by atoms with Gasteiger partial charge in [0.25, 0.3) is 5.91 Å². The average Bonchev–Trinajstić information content (AvgIpc) is 2.93. The Kier molecular flexibility index (Phi) is 6.20. The molecule has 0 bridgehead atoms. The van der Waals surface area contributed by atoms with Crippen LogP contribution in [0.5, 0.6) is 0 Å². The van der Waals surface area contributed by atoms with Crippen LogP contribution < -0.4 is 5.32 Å². The third kappa shape index (κ3) is 4.54. The van der Waals surface area contributed by atoms with Crippen LogP contribution in [0, 0.1) is 0 Å². The Bertz CT molecular complexity index is 498. The summed E-state index contributed by atoms with van der Waals surface area (Å²) in [7, 11) is 1.62. The molecule has 1 aliphatic rings. The maximum Gasteiger partial charge on any atom is 0.339 e. The zero-order chi connectivity index (χ0) is 15.1. The number of ether oxygens (including phenoxy) is 2. The van der Waals surface area contributed by atoms with Crippen molar-refractivity contribution < 1.29 is 19.1 Å². The summed E-state index contributed by atoms with van der Waals surface area (Å²) in [5, 5.41) is 4.54. The fraction of sp³-hybridized carbons (Fsp3) is 0.600. The Balaban J connectivity index is 1.77. The van der Waals surface area contributed by atoms with Crippen molar-refractivity contribution in [3.05, 3.63) is 21.4 Å². The smallest absolute Gasteiger partial charge is 0.339 e. The number of aryl methyl sites for hydroxylation is 1. The number of hydrogen-bond acceptors (Lipinski definition) is 5. The highest BCUT2D eigenvalue weighted by Crippen LogP contribution is 2.30. The van der Waals surface area contributed by atoms with Crippen LogP contribution in [0.1, 0.15) is 40.1 Å². The van der Waals surface area contributed by atoms with E-state index in [9.17, 15) is 9.59 Å². The molecule has 0 spiro atoms. The molecule has 0 radical (unpaired) electrons. The van der Waals surface area contributed by atoms with Gasteiger partial charge in [0.15, 0.2) is 6.61 Å². The lowest BCUT2D eigenvalue weighted by atomic mass is 9.96. The van der Waals surface area contributed by atoms with E-state index in [1.54, 1.807) is 18.4 Å². The molecule has 5 nitrogen and oxygen atoms in total.